The molecule has 0 aromatic heterocycles. The summed E-state index contributed by atoms with van der Waals surface area (Å²) in [4.78, 5) is 0. The van der Waals surface area contributed by atoms with Gasteiger partial charge in [-0.3, -0.25) is 0 Å². The van der Waals surface area contributed by atoms with E-state index in [9.17, 15) is 18.3 Å². The van der Waals surface area contributed by atoms with Gasteiger partial charge in [0.1, 0.15) is 11.9 Å². The molecule has 2 aromatic carbocycles. The number of ether oxygens (including phenoxy) is 1. The topological polar surface area (TPSA) is 29.5 Å². The van der Waals surface area contributed by atoms with E-state index >= 15 is 0 Å². The zero-order valence-electron chi connectivity index (χ0n) is 11.0. The quantitative estimate of drug-likeness (QED) is 0.894. The Labute approximate surface area is 124 Å². The molecule has 2 rings (SSSR count). The van der Waals surface area contributed by atoms with E-state index in [1.807, 2.05) is 6.92 Å². The van der Waals surface area contributed by atoms with Crippen LogP contribution in [-0.4, -0.2) is 11.5 Å². The highest BCUT2D eigenvalue weighted by molar-refractivity contribution is 6.31. The summed E-state index contributed by atoms with van der Waals surface area (Å²) in [5.41, 5.74) is 1.63. The van der Waals surface area contributed by atoms with Gasteiger partial charge in [-0.2, -0.15) is 0 Å². The molecule has 1 unspecified atom stereocenters. The van der Waals surface area contributed by atoms with Crippen LogP contribution in [0.5, 0.6) is 5.75 Å². The van der Waals surface area contributed by atoms with Gasteiger partial charge in [0.15, 0.2) is 0 Å². The summed E-state index contributed by atoms with van der Waals surface area (Å²) in [5, 5.41) is 10.7. The highest BCUT2D eigenvalue weighted by Crippen LogP contribution is 2.30. The molecule has 0 amide bonds. The summed E-state index contributed by atoms with van der Waals surface area (Å²) in [6.07, 6.45) is -5.85. The monoisotopic (exact) mass is 316 g/mol. The fourth-order valence-electron chi connectivity index (χ4n) is 1.85. The number of halogens is 4. The van der Waals surface area contributed by atoms with Gasteiger partial charge in [-0.15, -0.1) is 13.2 Å². The molecule has 0 spiro atoms. The Kier molecular flexibility index (Phi) is 4.44. The molecule has 0 saturated carbocycles. The summed E-state index contributed by atoms with van der Waals surface area (Å²) in [5.74, 6) is -0.378. The van der Waals surface area contributed by atoms with Crippen LogP contribution >= 0.6 is 11.6 Å². The SMILES string of the molecule is Cc1ccc(C(O)c2cccc(OC(F)(F)F)c2)cc1Cl. The van der Waals surface area contributed by atoms with Gasteiger partial charge in [0.25, 0.3) is 0 Å². The minimum absolute atomic E-state index is 0.289. The van der Waals surface area contributed by atoms with Crippen LogP contribution in [0, 0.1) is 6.92 Å². The van der Waals surface area contributed by atoms with E-state index in [-0.39, 0.29) is 11.3 Å². The van der Waals surface area contributed by atoms with E-state index in [1.54, 1.807) is 18.2 Å². The molecule has 1 N–H and O–H groups in total. The molecule has 0 bridgehead atoms. The van der Waals surface area contributed by atoms with Crippen molar-refractivity contribution in [1.29, 1.82) is 0 Å². The van der Waals surface area contributed by atoms with Crippen LogP contribution < -0.4 is 4.74 Å². The number of aryl methyl sites for hydroxylation is 1. The van der Waals surface area contributed by atoms with Crippen molar-refractivity contribution in [2.45, 2.75) is 19.4 Å². The number of hydrogen-bond acceptors (Lipinski definition) is 2. The lowest BCUT2D eigenvalue weighted by atomic mass is 10.0. The smallest absolute Gasteiger partial charge is 0.406 e. The Morgan fingerprint density at radius 2 is 1.76 bits per heavy atom. The van der Waals surface area contributed by atoms with Crippen molar-refractivity contribution in [3.63, 3.8) is 0 Å². The third kappa shape index (κ3) is 4.12. The van der Waals surface area contributed by atoms with Crippen LogP contribution in [0.1, 0.15) is 22.8 Å². The van der Waals surface area contributed by atoms with Gasteiger partial charge in [-0.1, -0.05) is 35.9 Å². The third-order valence-electron chi connectivity index (χ3n) is 2.92. The van der Waals surface area contributed by atoms with Gasteiger partial charge < -0.3 is 9.84 Å². The normalized spacial score (nSPS) is 13.0. The van der Waals surface area contributed by atoms with Gasteiger partial charge in [0.2, 0.25) is 0 Å². The maximum Gasteiger partial charge on any atom is 0.573 e. The Bertz CT molecular complexity index is 641. The second kappa shape index (κ2) is 5.95. The first-order chi connectivity index (χ1) is 9.76. The average Bonchev–Trinajstić information content (AvgIpc) is 2.39. The van der Waals surface area contributed by atoms with Crippen molar-refractivity contribution < 1.29 is 23.0 Å². The highest BCUT2D eigenvalue weighted by atomic mass is 35.5. The fraction of sp³-hybridized carbons (Fsp3) is 0.200. The van der Waals surface area contributed by atoms with Gasteiger partial charge in [0, 0.05) is 5.02 Å². The lowest BCUT2D eigenvalue weighted by Crippen LogP contribution is -2.17. The molecule has 0 aliphatic carbocycles. The first kappa shape index (κ1) is 15.7. The maximum absolute atomic E-state index is 12.2. The van der Waals surface area contributed by atoms with E-state index in [2.05, 4.69) is 4.74 Å². The van der Waals surface area contributed by atoms with Gasteiger partial charge in [-0.05, 0) is 41.8 Å². The van der Waals surface area contributed by atoms with Crippen LogP contribution in [0.3, 0.4) is 0 Å². The summed E-state index contributed by atoms with van der Waals surface area (Å²) < 4.78 is 40.4. The van der Waals surface area contributed by atoms with Crippen molar-refractivity contribution in [3.8, 4) is 5.75 Å². The van der Waals surface area contributed by atoms with Gasteiger partial charge in [-0.25, -0.2) is 0 Å². The molecule has 0 saturated heterocycles. The Balaban J connectivity index is 2.28. The number of benzene rings is 2. The number of aliphatic hydroxyl groups excluding tert-OH is 1. The minimum Gasteiger partial charge on any atom is -0.406 e. The van der Waals surface area contributed by atoms with E-state index in [4.69, 9.17) is 11.6 Å². The zero-order chi connectivity index (χ0) is 15.6. The van der Waals surface area contributed by atoms with E-state index < -0.39 is 12.5 Å². The van der Waals surface area contributed by atoms with E-state index in [0.29, 0.717) is 10.6 Å². The first-order valence-electron chi connectivity index (χ1n) is 6.06. The van der Waals surface area contributed by atoms with Crippen molar-refractivity contribution in [3.05, 3.63) is 64.2 Å². The first-order valence-corrected chi connectivity index (χ1v) is 6.44. The predicted molar refractivity (Wildman–Crippen MR) is 73.4 cm³/mol. The molecule has 2 nitrogen and oxygen atoms in total. The molecule has 0 aliphatic rings. The number of alkyl halides is 3. The fourth-order valence-corrected chi connectivity index (χ4v) is 2.04. The summed E-state index contributed by atoms with van der Waals surface area (Å²) in [7, 11) is 0. The van der Waals surface area contributed by atoms with Gasteiger partial charge >= 0.3 is 6.36 Å². The number of hydrogen-bond donors (Lipinski definition) is 1. The van der Waals surface area contributed by atoms with Crippen LogP contribution in [0.4, 0.5) is 13.2 Å². The molecule has 0 radical (unpaired) electrons. The second-order valence-electron chi connectivity index (χ2n) is 4.53. The van der Waals surface area contributed by atoms with Gasteiger partial charge in [0.05, 0.1) is 0 Å². The zero-order valence-corrected chi connectivity index (χ0v) is 11.7. The average molecular weight is 317 g/mol. The molecule has 2 aromatic rings. The van der Waals surface area contributed by atoms with Crippen molar-refractivity contribution >= 4 is 11.6 Å². The molecule has 0 heterocycles. The molecule has 0 fully saturated rings. The molecular weight excluding hydrogens is 305 g/mol. The lowest BCUT2D eigenvalue weighted by Gasteiger charge is -2.15. The Morgan fingerprint density at radius 3 is 2.38 bits per heavy atom. The predicted octanol–water partition coefficient (Wildman–Crippen LogP) is 4.63. The van der Waals surface area contributed by atoms with Crippen molar-refractivity contribution in [2.75, 3.05) is 0 Å². The van der Waals surface area contributed by atoms with Crippen molar-refractivity contribution in [2.24, 2.45) is 0 Å². The molecule has 1 atom stereocenters. The highest BCUT2D eigenvalue weighted by Gasteiger charge is 2.31. The van der Waals surface area contributed by atoms with E-state index in [1.165, 1.54) is 18.2 Å². The molecule has 112 valence electrons. The molecular formula is C15H12ClF3O2. The minimum atomic E-state index is -4.77. The largest absolute Gasteiger partial charge is 0.573 e. The second-order valence-corrected chi connectivity index (χ2v) is 4.94. The van der Waals surface area contributed by atoms with Crippen LogP contribution in [-0.2, 0) is 0 Å². The standard InChI is InChI=1S/C15H12ClF3O2/c1-9-5-6-11(8-13(9)16)14(20)10-3-2-4-12(7-10)21-15(17,18)19/h2-8,14,20H,1H3. The lowest BCUT2D eigenvalue weighted by molar-refractivity contribution is -0.274. The molecule has 21 heavy (non-hydrogen) atoms. The Hall–Kier alpha value is -1.72. The van der Waals surface area contributed by atoms with Crippen LogP contribution in [0.2, 0.25) is 5.02 Å². The van der Waals surface area contributed by atoms with Crippen molar-refractivity contribution in [1.82, 2.24) is 0 Å². The number of aliphatic hydroxyl groups is 1. The number of rotatable bonds is 3. The summed E-state index contributed by atoms with van der Waals surface area (Å²) in [6.45, 7) is 1.82. The van der Waals surface area contributed by atoms with Crippen LogP contribution in [0.25, 0.3) is 0 Å². The Morgan fingerprint density at radius 1 is 1.10 bits per heavy atom. The van der Waals surface area contributed by atoms with Crippen LogP contribution in [0.15, 0.2) is 42.5 Å². The third-order valence-corrected chi connectivity index (χ3v) is 3.33. The molecule has 6 heteroatoms. The van der Waals surface area contributed by atoms with E-state index in [0.717, 1.165) is 11.6 Å². The molecule has 0 aliphatic heterocycles. The summed E-state index contributed by atoms with van der Waals surface area (Å²) in [6, 6.07) is 10.2. The summed E-state index contributed by atoms with van der Waals surface area (Å²) >= 11 is 5.98. The maximum atomic E-state index is 12.2.